The van der Waals surface area contributed by atoms with Crippen molar-refractivity contribution in [3.8, 4) is 11.5 Å². The van der Waals surface area contributed by atoms with Gasteiger partial charge in [0.15, 0.2) is 5.75 Å². The molecule has 15 heteroatoms. The van der Waals surface area contributed by atoms with Gasteiger partial charge in [0.25, 0.3) is 15.9 Å². The molecule has 11 nitrogen and oxygen atoms in total. The van der Waals surface area contributed by atoms with Gasteiger partial charge in [0.1, 0.15) is 11.9 Å². The number of hydrogen-bond donors (Lipinski definition) is 3. The molecule has 4 rings (SSSR count). The lowest BCUT2D eigenvalue weighted by Gasteiger charge is -2.38. The average Bonchev–Trinajstić information content (AvgIpc) is 3.02. The number of para-hydroxylation sites is 1. The predicted octanol–water partition coefficient (Wildman–Crippen LogP) is 4.90. The molecular weight excluding hydrogens is 629 g/mol. The van der Waals surface area contributed by atoms with E-state index < -0.39 is 51.8 Å². The largest absolute Gasteiger partial charge is 0.497 e. The van der Waals surface area contributed by atoms with Crippen LogP contribution in [0.15, 0.2) is 71.6 Å². The van der Waals surface area contributed by atoms with Gasteiger partial charge in [-0.05, 0) is 67.6 Å². The third kappa shape index (κ3) is 7.83. The van der Waals surface area contributed by atoms with E-state index in [1.807, 2.05) is 0 Å². The van der Waals surface area contributed by atoms with Gasteiger partial charge in [0, 0.05) is 25.2 Å². The number of carbonyl (C=O) groups is 2. The van der Waals surface area contributed by atoms with E-state index in [-0.39, 0.29) is 47.3 Å². The Kier molecular flexibility index (Phi) is 10.4. The number of sulfonamides is 1. The van der Waals surface area contributed by atoms with Crippen molar-refractivity contribution < 1.29 is 45.8 Å². The molecule has 0 fully saturated rings. The maximum atomic E-state index is 13.7. The first-order valence-corrected chi connectivity index (χ1v) is 15.7. The zero-order valence-electron chi connectivity index (χ0n) is 25.5. The van der Waals surface area contributed by atoms with E-state index in [1.165, 1.54) is 66.4 Å². The number of likely N-dealkylation sites (N-methyl/N-ethyl adjacent to an activating group) is 1. The third-order valence-corrected chi connectivity index (χ3v) is 8.95. The van der Waals surface area contributed by atoms with Crippen LogP contribution in [0.25, 0.3) is 0 Å². The lowest BCUT2D eigenvalue weighted by Crippen LogP contribution is -2.50. The molecule has 0 radical (unpaired) electrons. The van der Waals surface area contributed by atoms with Gasteiger partial charge in [0.05, 0.1) is 48.0 Å². The average molecular weight is 665 g/mol. The fraction of sp³-hybridized carbons (Fsp3) is 0.355. The molecule has 3 N–H and O–H groups in total. The first kappa shape index (κ1) is 34.4. The molecule has 1 aliphatic rings. The number of hydrogen-bond acceptors (Lipinski definition) is 7. The van der Waals surface area contributed by atoms with Crippen molar-refractivity contribution in [1.29, 1.82) is 0 Å². The summed E-state index contributed by atoms with van der Waals surface area (Å²) >= 11 is 0. The zero-order chi connectivity index (χ0) is 33.8. The lowest BCUT2D eigenvalue weighted by molar-refractivity contribution is -0.137. The molecule has 0 spiro atoms. The van der Waals surface area contributed by atoms with Crippen LogP contribution in [-0.2, 0) is 16.2 Å². The van der Waals surface area contributed by atoms with E-state index in [2.05, 4.69) is 10.0 Å². The molecule has 0 saturated heterocycles. The summed E-state index contributed by atoms with van der Waals surface area (Å²) in [6.45, 7) is 3.20. The van der Waals surface area contributed by atoms with E-state index in [1.54, 1.807) is 13.8 Å². The van der Waals surface area contributed by atoms with Gasteiger partial charge < -0.3 is 29.7 Å². The molecule has 0 aromatic heterocycles. The number of alkyl halides is 3. The van der Waals surface area contributed by atoms with Crippen LogP contribution >= 0.6 is 0 Å². The van der Waals surface area contributed by atoms with Crippen molar-refractivity contribution in [1.82, 2.24) is 9.80 Å². The summed E-state index contributed by atoms with van der Waals surface area (Å²) in [4.78, 5) is 29.4. The van der Waals surface area contributed by atoms with Gasteiger partial charge in [-0.3, -0.25) is 9.52 Å². The van der Waals surface area contributed by atoms with Crippen LogP contribution in [0.3, 0.4) is 0 Å². The normalized spacial score (nSPS) is 17.6. The summed E-state index contributed by atoms with van der Waals surface area (Å²) in [5, 5.41) is 12.5. The number of anilines is 2. The summed E-state index contributed by atoms with van der Waals surface area (Å²) < 4.78 is 79.5. The van der Waals surface area contributed by atoms with E-state index in [9.17, 15) is 36.3 Å². The topological polar surface area (TPSA) is 138 Å². The van der Waals surface area contributed by atoms with Crippen LogP contribution in [0, 0.1) is 5.92 Å². The number of amides is 3. The second-order valence-electron chi connectivity index (χ2n) is 11.0. The third-order valence-electron chi connectivity index (χ3n) is 7.57. The van der Waals surface area contributed by atoms with Crippen LogP contribution in [0.2, 0.25) is 0 Å². The molecule has 3 atom stereocenters. The number of carbonyl (C=O) groups excluding carboxylic acids is 2. The van der Waals surface area contributed by atoms with Crippen LogP contribution in [0.1, 0.15) is 29.8 Å². The molecule has 1 heterocycles. The van der Waals surface area contributed by atoms with Crippen molar-refractivity contribution in [2.45, 2.75) is 37.1 Å². The van der Waals surface area contributed by atoms with Crippen molar-refractivity contribution in [2.24, 2.45) is 5.92 Å². The van der Waals surface area contributed by atoms with Crippen LogP contribution in [0.5, 0.6) is 11.5 Å². The maximum Gasteiger partial charge on any atom is 0.416 e. The Morgan fingerprint density at radius 2 is 1.78 bits per heavy atom. The number of ether oxygens (including phenoxy) is 2. The highest BCUT2D eigenvalue weighted by molar-refractivity contribution is 7.92. The first-order chi connectivity index (χ1) is 21.6. The first-order valence-electron chi connectivity index (χ1n) is 14.2. The Morgan fingerprint density at radius 1 is 1.13 bits per heavy atom. The highest BCUT2D eigenvalue weighted by Crippen LogP contribution is 2.36. The summed E-state index contributed by atoms with van der Waals surface area (Å²) in [5.74, 6) is -0.522. The van der Waals surface area contributed by atoms with Gasteiger partial charge in [0.2, 0.25) is 0 Å². The molecule has 46 heavy (non-hydrogen) atoms. The lowest BCUT2D eigenvalue weighted by atomic mass is 9.99. The minimum Gasteiger partial charge on any atom is -0.497 e. The number of halogens is 3. The number of methoxy groups -OCH3 is 1. The summed E-state index contributed by atoms with van der Waals surface area (Å²) in [6, 6.07) is 12.9. The molecule has 0 bridgehead atoms. The maximum absolute atomic E-state index is 13.7. The monoisotopic (exact) mass is 664 g/mol. The van der Waals surface area contributed by atoms with Crippen molar-refractivity contribution in [3.05, 3.63) is 77.9 Å². The minimum atomic E-state index is -4.52. The van der Waals surface area contributed by atoms with Crippen LogP contribution in [-0.4, -0.2) is 81.3 Å². The number of fused-ring (bicyclic) bond motifs is 1. The van der Waals surface area contributed by atoms with E-state index in [0.29, 0.717) is 5.75 Å². The van der Waals surface area contributed by atoms with Crippen molar-refractivity contribution in [2.75, 3.05) is 43.9 Å². The fourth-order valence-electron chi connectivity index (χ4n) is 4.81. The van der Waals surface area contributed by atoms with E-state index in [0.717, 1.165) is 24.3 Å². The van der Waals surface area contributed by atoms with Gasteiger partial charge in [-0.15, -0.1) is 0 Å². The van der Waals surface area contributed by atoms with Crippen LogP contribution in [0.4, 0.5) is 29.3 Å². The number of benzene rings is 3. The molecule has 0 aliphatic carbocycles. The number of nitrogens with one attached hydrogen (secondary N) is 2. The quantitative estimate of drug-likeness (QED) is 0.296. The number of nitrogens with zero attached hydrogens (tertiary/aromatic N) is 2. The zero-order valence-corrected chi connectivity index (χ0v) is 26.4. The standard InChI is InChI=1S/C31H35F3N4O7S/c1-19-16-38(20(2)18-39)29(40)25-6-5-7-26(36-46(42,43)24-14-12-23(44-4)13-15-24)28(25)45-27(19)17-37(3)30(41)35-22-10-8-21(9-11-22)31(32,33)34/h5-15,19-20,27,36,39H,16-18H2,1-4H3,(H,35,41)/t19-,20-,27-/m0/s1. The van der Waals surface area contributed by atoms with Crippen LogP contribution < -0.4 is 19.5 Å². The summed E-state index contributed by atoms with van der Waals surface area (Å²) in [6.07, 6.45) is -5.32. The smallest absolute Gasteiger partial charge is 0.416 e. The Bertz CT molecular complexity index is 1650. The number of urea groups is 1. The molecule has 248 valence electrons. The highest BCUT2D eigenvalue weighted by Gasteiger charge is 2.36. The fourth-order valence-corrected chi connectivity index (χ4v) is 5.88. The molecule has 1 aliphatic heterocycles. The number of aliphatic hydroxyl groups excluding tert-OH is 1. The summed E-state index contributed by atoms with van der Waals surface area (Å²) in [5.41, 5.74) is -0.687. The SMILES string of the molecule is COc1ccc(S(=O)(=O)Nc2cccc3c2O[C@@H](CN(C)C(=O)Nc2ccc(C(F)(F)F)cc2)[C@@H](C)CN([C@@H](C)CO)C3=O)cc1. The Morgan fingerprint density at radius 3 is 2.37 bits per heavy atom. The highest BCUT2D eigenvalue weighted by atomic mass is 32.2. The predicted molar refractivity (Wildman–Crippen MR) is 165 cm³/mol. The van der Waals surface area contributed by atoms with E-state index in [4.69, 9.17) is 9.47 Å². The number of rotatable bonds is 9. The van der Waals surface area contributed by atoms with E-state index >= 15 is 0 Å². The number of aliphatic hydroxyl groups is 1. The van der Waals surface area contributed by atoms with Gasteiger partial charge in [-0.1, -0.05) is 13.0 Å². The van der Waals surface area contributed by atoms with Crippen molar-refractivity contribution >= 4 is 33.3 Å². The van der Waals surface area contributed by atoms with Gasteiger partial charge >= 0.3 is 12.2 Å². The molecule has 0 unspecified atom stereocenters. The molecular formula is C31H35F3N4O7S. The summed E-state index contributed by atoms with van der Waals surface area (Å²) in [7, 11) is -1.24. The minimum absolute atomic E-state index is 0.0192. The van der Waals surface area contributed by atoms with Gasteiger partial charge in [-0.25, -0.2) is 13.2 Å². The molecule has 3 amide bonds. The molecule has 3 aromatic carbocycles. The van der Waals surface area contributed by atoms with Crippen molar-refractivity contribution in [3.63, 3.8) is 0 Å². The second kappa shape index (κ2) is 13.9. The Labute approximate surface area is 265 Å². The Balaban J connectivity index is 1.64. The second-order valence-corrected chi connectivity index (χ2v) is 12.7. The molecule has 0 saturated carbocycles. The van der Waals surface area contributed by atoms with Gasteiger partial charge in [-0.2, -0.15) is 13.2 Å². The molecule has 3 aromatic rings. The Hall–Kier alpha value is -4.50.